The Hall–Kier alpha value is -1.36. The summed E-state index contributed by atoms with van der Waals surface area (Å²) in [6.45, 7) is 4.40. The van der Waals surface area contributed by atoms with E-state index in [1.54, 1.807) is 13.3 Å². The molecule has 21 heavy (non-hydrogen) atoms. The van der Waals surface area contributed by atoms with Gasteiger partial charge >= 0.3 is 0 Å². The summed E-state index contributed by atoms with van der Waals surface area (Å²) in [7, 11) is 3.08. The second-order valence-corrected chi connectivity index (χ2v) is 6.38. The zero-order valence-electron chi connectivity index (χ0n) is 13.4. The van der Waals surface area contributed by atoms with Crippen LogP contribution in [0.15, 0.2) is 6.20 Å². The predicted molar refractivity (Wildman–Crippen MR) is 80.5 cm³/mol. The summed E-state index contributed by atoms with van der Waals surface area (Å²) in [5, 5.41) is 11.0. The highest BCUT2D eigenvalue weighted by Crippen LogP contribution is 2.52. The van der Waals surface area contributed by atoms with Gasteiger partial charge in [0.25, 0.3) is 0 Å². The molecule has 2 rings (SSSR count). The molecule has 0 saturated heterocycles. The highest BCUT2D eigenvalue weighted by molar-refractivity contribution is 5.26. The van der Waals surface area contributed by atoms with Gasteiger partial charge in [0.2, 0.25) is 11.8 Å². The molecule has 0 spiro atoms. The molecule has 1 atom stereocenters. The molecule has 1 aliphatic rings. The fourth-order valence-electron chi connectivity index (χ4n) is 3.57. The van der Waals surface area contributed by atoms with Gasteiger partial charge in [-0.2, -0.15) is 4.98 Å². The van der Waals surface area contributed by atoms with Crippen LogP contribution in [-0.2, 0) is 0 Å². The number of aliphatic hydroxyl groups excluding tert-OH is 1. The Kier molecular flexibility index (Phi) is 5.04. The van der Waals surface area contributed by atoms with Crippen LogP contribution in [-0.4, -0.2) is 29.3 Å². The third kappa shape index (κ3) is 3.28. The van der Waals surface area contributed by atoms with E-state index in [2.05, 4.69) is 23.8 Å². The molecule has 0 radical (unpaired) electrons. The van der Waals surface area contributed by atoms with Crippen LogP contribution in [0.25, 0.3) is 0 Å². The molecule has 1 aliphatic carbocycles. The Morgan fingerprint density at radius 1 is 1.24 bits per heavy atom. The molecule has 118 valence electrons. The lowest BCUT2D eigenvalue weighted by atomic mass is 9.73. The summed E-state index contributed by atoms with van der Waals surface area (Å²) in [4.78, 5) is 8.60. The molecular formula is C16H26N2O3. The maximum Gasteiger partial charge on any atom is 0.241 e. The second-order valence-electron chi connectivity index (χ2n) is 6.38. The maximum absolute atomic E-state index is 11.0. The summed E-state index contributed by atoms with van der Waals surface area (Å²) in [6, 6.07) is 0. The van der Waals surface area contributed by atoms with Crippen molar-refractivity contribution in [2.75, 3.05) is 14.2 Å². The van der Waals surface area contributed by atoms with Gasteiger partial charge in [0.15, 0.2) is 0 Å². The van der Waals surface area contributed by atoms with Crippen LogP contribution in [0.4, 0.5) is 0 Å². The van der Waals surface area contributed by atoms with Gasteiger partial charge in [-0.3, -0.25) is 0 Å². The van der Waals surface area contributed by atoms with Gasteiger partial charge < -0.3 is 14.6 Å². The van der Waals surface area contributed by atoms with Gasteiger partial charge in [-0.1, -0.05) is 26.7 Å². The van der Waals surface area contributed by atoms with Crippen LogP contribution < -0.4 is 9.47 Å². The Morgan fingerprint density at radius 2 is 1.90 bits per heavy atom. The predicted octanol–water partition coefficient (Wildman–Crippen LogP) is 3.13. The first-order chi connectivity index (χ1) is 10.0. The molecular weight excluding hydrogens is 268 g/mol. The fourth-order valence-corrected chi connectivity index (χ4v) is 3.57. The smallest absolute Gasteiger partial charge is 0.241 e. The SMILES string of the molecule is COc1cnc(C(O)C2(CC(C)C)CCCC2)c(OC)n1. The first-order valence-corrected chi connectivity index (χ1v) is 7.65. The van der Waals surface area contributed by atoms with E-state index in [1.807, 2.05) is 0 Å². The first kappa shape index (κ1) is 16.0. The molecule has 0 amide bonds. The minimum Gasteiger partial charge on any atom is -0.480 e. The highest BCUT2D eigenvalue weighted by Gasteiger charge is 2.43. The van der Waals surface area contributed by atoms with Crippen LogP contribution in [0.2, 0.25) is 0 Å². The quantitative estimate of drug-likeness (QED) is 0.873. The lowest BCUT2D eigenvalue weighted by Gasteiger charge is -2.35. The van der Waals surface area contributed by atoms with E-state index >= 15 is 0 Å². The summed E-state index contributed by atoms with van der Waals surface area (Å²) in [5.74, 6) is 1.29. The molecule has 1 aromatic rings. The monoisotopic (exact) mass is 294 g/mol. The number of hydrogen-bond donors (Lipinski definition) is 1. The van der Waals surface area contributed by atoms with Crippen LogP contribution in [0.1, 0.15) is 57.7 Å². The Bertz CT molecular complexity index is 471. The number of methoxy groups -OCH3 is 2. The van der Waals surface area contributed by atoms with Crippen molar-refractivity contribution in [1.82, 2.24) is 9.97 Å². The molecule has 1 saturated carbocycles. The molecule has 5 heteroatoms. The molecule has 1 aromatic heterocycles. The van der Waals surface area contributed by atoms with Crippen molar-refractivity contribution in [2.24, 2.45) is 11.3 Å². The molecule has 1 heterocycles. The Balaban J connectivity index is 2.34. The number of hydrogen-bond acceptors (Lipinski definition) is 5. The van der Waals surface area contributed by atoms with Crippen LogP contribution >= 0.6 is 0 Å². The number of aliphatic hydroxyl groups is 1. The second kappa shape index (κ2) is 6.60. The van der Waals surface area contributed by atoms with Crippen molar-refractivity contribution in [3.8, 4) is 11.8 Å². The van der Waals surface area contributed by atoms with Crippen molar-refractivity contribution < 1.29 is 14.6 Å². The minimum atomic E-state index is -0.643. The topological polar surface area (TPSA) is 64.5 Å². The van der Waals surface area contributed by atoms with Gasteiger partial charge in [-0.25, -0.2) is 4.98 Å². The molecule has 0 bridgehead atoms. The zero-order chi connectivity index (χ0) is 15.5. The van der Waals surface area contributed by atoms with Gasteiger partial charge in [0.05, 0.1) is 20.4 Å². The molecule has 0 aromatic carbocycles. The Labute approximate surface area is 126 Å². The standard InChI is InChI=1S/C16H26N2O3/c1-11(2)9-16(7-5-6-8-16)14(19)13-15(21-4)18-12(20-3)10-17-13/h10-11,14,19H,5-9H2,1-4H3. The van der Waals surface area contributed by atoms with Crippen LogP contribution in [0, 0.1) is 11.3 Å². The average molecular weight is 294 g/mol. The lowest BCUT2D eigenvalue weighted by molar-refractivity contribution is 0.00592. The molecule has 1 fully saturated rings. The third-order valence-corrected chi connectivity index (χ3v) is 4.40. The van der Waals surface area contributed by atoms with Gasteiger partial charge in [0, 0.05) is 5.41 Å². The van der Waals surface area contributed by atoms with Gasteiger partial charge in [0.1, 0.15) is 11.8 Å². The van der Waals surface area contributed by atoms with E-state index in [0.29, 0.717) is 23.4 Å². The van der Waals surface area contributed by atoms with E-state index in [4.69, 9.17) is 9.47 Å². The summed E-state index contributed by atoms with van der Waals surface area (Å²) in [6.07, 6.45) is 6.28. The fraction of sp³-hybridized carbons (Fsp3) is 0.750. The maximum atomic E-state index is 11.0. The molecule has 1 unspecified atom stereocenters. The minimum absolute atomic E-state index is 0.106. The third-order valence-electron chi connectivity index (χ3n) is 4.40. The zero-order valence-corrected chi connectivity index (χ0v) is 13.4. The number of aromatic nitrogens is 2. The summed E-state index contributed by atoms with van der Waals surface area (Å²) < 4.78 is 10.4. The first-order valence-electron chi connectivity index (χ1n) is 7.65. The van der Waals surface area contributed by atoms with Crippen molar-refractivity contribution in [1.29, 1.82) is 0 Å². The van der Waals surface area contributed by atoms with Crippen molar-refractivity contribution in [3.63, 3.8) is 0 Å². The largest absolute Gasteiger partial charge is 0.480 e. The van der Waals surface area contributed by atoms with Crippen molar-refractivity contribution in [2.45, 2.75) is 52.1 Å². The van der Waals surface area contributed by atoms with E-state index in [0.717, 1.165) is 32.1 Å². The van der Waals surface area contributed by atoms with E-state index in [-0.39, 0.29) is 5.41 Å². The molecule has 0 aliphatic heterocycles. The van der Waals surface area contributed by atoms with Crippen LogP contribution in [0.3, 0.4) is 0 Å². The van der Waals surface area contributed by atoms with Crippen LogP contribution in [0.5, 0.6) is 11.8 Å². The summed E-state index contributed by atoms with van der Waals surface area (Å²) in [5.41, 5.74) is 0.422. The van der Waals surface area contributed by atoms with E-state index < -0.39 is 6.10 Å². The van der Waals surface area contributed by atoms with E-state index in [9.17, 15) is 5.11 Å². The number of rotatable bonds is 6. The van der Waals surface area contributed by atoms with Gasteiger partial charge in [-0.15, -0.1) is 0 Å². The summed E-state index contributed by atoms with van der Waals surface area (Å²) >= 11 is 0. The molecule has 5 nitrogen and oxygen atoms in total. The highest BCUT2D eigenvalue weighted by atomic mass is 16.5. The van der Waals surface area contributed by atoms with E-state index in [1.165, 1.54) is 7.11 Å². The lowest BCUT2D eigenvalue weighted by Crippen LogP contribution is -2.29. The molecule has 1 N–H and O–H groups in total. The number of nitrogens with zero attached hydrogens (tertiary/aromatic N) is 2. The van der Waals surface area contributed by atoms with Crippen molar-refractivity contribution >= 4 is 0 Å². The van der Waals surface area contributed by atoms with Gasteiger partial charge in [-0.05, 0) is 25.2 Å². The average Bonchev–Trinajstić information content (AvgIpc) is 2.94. The number of ether oxygens (including phenoxy) is 2. The Morgan fingerprint density at radius 3 is 2.43 bits per heavy atom. The van der Waals surface area contributed by atoms with Crippen molar-refractivity contribution in [3.05, 3.63) is 11.9 Å². The normalized spacial score (nSPS) is 18.8.